The molecule has 1 aromatic heterocycles. The molecule has 0 aliphatic carbocycles. The number of nitrogens with zero attached hydrogens (tertiary/aromatic N) is 2. The molecule has 0 fully saturated rings. The second-order valence-corrected chi connectivity index (χ2v) is 8.98. The molecule has 1 aliphatic rings. The van der Waals surface area contributed by atoms with Crippen LogP contribution >= 0.6 is 11.3 Å². The van der Waals surface area contributed by atoms with E-state index in [-0.39, 0.29) is 30.9 Å². The van der Waals surface area contributed by atoms with Crippen molar-refractivity contribution in [3.05, 3.63) is 94.7 Å². The van der Waals surface area contributed by atoms with Crippen LogP contribution in [0.1, 0.15) is 26.8 Å². The summed E-state index contributed by atoms with van der Waals surface area (Å²) < 4.78 is 11.3. The Morgan fingerprint density at radius 3 is 2.71 bits per heavy atom. The summed E-state index contributed by atoms with van der Waals surface area (Å²) in [6.45, 7) is 4.94. The lowest BCUT2D eigenvalue weighted by Gasteiger charge is -2.37. The van der Waals surface area contributed by atoms with E-state index in [9.17, 15) is 9.59 Å². The third-order valence-corrected chi connectivity index (χ3v) is 6.84. The summed E-state index contributed by atoms with van der Waals surface area (Å²) in [6, 6.07) is 18.4. The van der Waals surface area contributed by atoms with E-state index in [0.717, 1.165) is 17.7 Å². The van der Waals surface area contributed by atoms with Crippen molar-refractivity contribution in [2.24, 2.45) is 0 Å². The summed E-state index contributed by atoms with van der Waals surface area (Å²) in [4.78, 5) is 31.4. The number of ether oxygens (including phenoxy) is 2. The zero-order valence-electron chi connectivity index (χ0n) is 19.2. The van der Waals surface area contributed by atoms with E-state index in [1.165, 1.54) is 9.78 Å². The fraction of sp³-hybridized carbons (Fsp3) is 0.259. The van der Waals surface area contributed by atoms with E-state index in [1.807, 2.05) is 35.2 Å². The van der Waals surface area contributed by atoms with Gasteiger partial charge in [-0.15, -0.1) is 17.9 Å². The predicted molar refractivity (Wildman–Crippen MR) is 134 cm³/mol. The zero-order valence-corrected chi connectivity index (χ0v) is 20.0. The monoisotopic (exact) mass is 476 g/mol. The van der Waals surface area contributed by atoms with Crippen molar-refractivity contribution in [3.8, 4) is 11.5 Å². The molecule has 0 saturated carbocycles. The number of carbonyl (C=O) groups excluding carboxylic acids is 2. The number of thiophene rings is 1. The first-order chi connectivity index (χ1) is 16.6. The van der Waals surface area contributed by atoms with Crippen LogP contribution in [0, 0.1) is 0 Å². The van der Waals surface area contributed by atoms with Crippen molar-refractivity contribution in [1.82, 2.24) is 9.80 Å². The van der Waals surface area contributed by atoms with E-state index in [0.29, 0.717) is 24.5 Å². The molecule has 0 unspecified atom stereocenters. The highest BCUT2D eigenvalue weighted by atomic mass is 32.1. The normalized spacial score (nSPS) is 14.7. The Balaban J connectivity index is 1.52. The van der Waals surface area contributed by atoms with Crippen molar-refractivity contribution >= 4 is 23.2 Å². The Bertz CT molecular complexity index is 1140. The van der Waals surface area contributed by atoms with Crippen LogP contribution in [0.4, 0.5) is 0 Å². The highest BCUT2D eigenvalue weighted by Crippen LogP contribution is 2.34. The molecule has 34 heavy (non-hydrogen) atoms. The van der Waals surface area contributed by atoms with Crippen LogP contribution in [0.15, 0.2) is 78.7 Å². The summed E-state index contributed by atoms with van der Waals surface area (Å²) in [5.41, 5.74) is 1.59. The third-order valence-electron chi connectivity index (χ3n) is 5.85. The van der Waals surface area contributed by atoms with Gasteiger partial charge in [-0.1, -0.05) is 30.3 Å². The van der Waals surface area contributed by atoms with Crippen LogP contribution in [0.25, 0.3) is 0 Å². The Kier molecular flexibility index (Phi) is 7.65. The molecule has 6 nitrogen and oxygen atoms in total. The van der Waals surface area contributed by atoms with Gasteiger partial charge in [-0.3, -0.25) is 9.59 Å². The Hall–Kier alpha value is -3.58. The molecular formula is C27H28N2O4S. The number of para-hydroxylation sites is 1. The van der Waals surface area contributed by atoms with Gasteiger partial charge in [0.15, 0.2) is 0 Å². The largest absolute Gasteiger partial charge is 0.497 e. The first-order valence-corrected chi connectivity index (χ1v) is 12.1. The van der Waals surface area contributed by atoms with Gasteiger partial charge in [-0.2, -0.15) is 0 Å². The minimum Gasteiger partial charge on any atom is -0.497 e. The van der Waals surface area contributed by atoms with Crippen LogP contribution in [0.3, 0.4) is 0 Å². The molecule has 2 heterocycles. The molecule has 1 atom stereocenters. The lowest BCUT2D eigenvalue weighted by molar-refractivity contribution is -0.135. The molecule has 7 heteroatoms. The number of hydrogen-bond donors (Lipinski definition) is 0. The van der Waals surface area contributed by atoms with Crippen molar-refractivity contribution in [2.75, 3.05) is 33.4 Å². The molecule has 176 valence electrons. The van der Waals surface area contributed by atoms with E-state index >= 15 is 0 Å². The molecule has 0 N–H and O–H groups in total. The van der Waals surface area contributed by atoms with Crippen LogP contribution in [-0.4, -0.2) is 55.0 Å². The standard InChI is InChI=1S/C27H28N2O4S/c1-3-14-28(27(31)20-8-7-11-22(17-20)32-2)18-26(30)29-15-12-25-23(13-16-34-25)24(29)19-33-21-9-5-4-6-10-21/h3-11,13,16-17,24H,1,12,14-15,18-19H2,2H3/t24-/m0/s1. The fourth-order valence-corrected chi connectivity index (χ4v) is 5.06. The summed E-state index contributed by atoms with van der Waals surface area (Å²) in [6.07, 6.45) is 2.43. The molecule has 1 aliphatic heterocycles. The van der Waals surface area contributed by atoms with Crippen molar-refractivity contribution in [3.63, 3.8) is 0 Å². The van der Waals surface area contributed by atoms with Gasteiger partial charge in [-0.25, -0.2) is 0 Å². The molecule has 3 aromatic rings. The maximum Gasteiger partial charge on any atom is 0.254 e. The second-order valence-electron chi connectivity index (χ2n) is 7.98. The van der Waals surface area contributed by atoms with Gasteiger partial charge in [-0.05, 0) is 53.8 Å². The average molecular weight is 477 g/mol. The number of carbonyl (C=O) groups is 2. The van der Waals surface area contributed by atoms with Crippen molar-refractivity contribution in [1.29, 1.82) is 0 Å². The van der Waals surface area contributed by atoms with Gasteiger partial charge in [0, 0.05) is 23.5 Å². The maximum atomic E-state index is 13.5. The van der Waals surface area contributed by atoms with Gasteiger partial charge >= 0.3 is 0 Å². The zero-order chi connectivity index (χ0) is 23.9. The summed E-state index contributed by atoms with van der Waals surface area (Å²) in [5, 5.41) is 2.06. The number of fused-ring (bicyclic) bond motifs is 1. The van der Waals surface area contributed by atoms with E-state index in [2.05, 4.69) is 18.0 Å². The van der Waals surface area contributed by atoms with Crippen LogP contribution < -0.4 is 9.47 Å². The van der Waals surface area contributed by atoms with Gasteiger partial charge in [0.05, 0.1) is 13.2 Å². The number of rotatable bonds is 9. The van der Waals surface area contributed by atoms with Gasteiger partial charge in [0.1, 0.15) is 24.7 Å². The molecule has 2 aromatic carbocycles. The minimum absolute atomic E-state index is 0.0383. The van der Waals surface area contributed by atoms with Crippen LogP contribution in [-0.2, 0) is 11.2 Å². The topological polar surface area (TPSA) is 59.1 Å². The Labute approximate surface area is 204 Å². The maximum absolute atomic E-state index is 13.5. The minimum atomic E-state index is -0.238. The van der Waals surface area contributed by atoms with Gasteiger partial charge in [0.25, 0.3) is 5.91 Å². The number of amides is 2. The first kappa shape index (κ1) is 23.6. The molecule has 0 bridgehead atoms. The summed E-state index contributed by atoms with van der Waals surface area (Å²) >= 11 is 1.71. The lowest BCUT2D eigenvalue weighted by atomic mass is 10.0. The predicted octanol–water partition coefficient (Wildman–Crippen LogP) is 4.59. The smallest absolute Gasteiger partial charge is 0.254 e. The lowest BCUT2D eigenvalue weighted by Crippen LogP contribution is -2.47. The van der Waals surface area contributed by atoms with Gasteiger partial charge < -0.3 is 19.3 Å². The van der Waals surface area contributed by atoms with E-state index in [1.54, 1.807) is 48.8 Å². The molecule has 0 spiro atoms. The average Bonchev–Trinajstić information content (AvgIpc) is 3.36. The molecular weight excluding hydrogens is 448 g/mol. The SMILES string of the molecule is C=CCN(CC(=O)N1CCc2sccc2[C@@H]1COc1ccccc1)C(=O)c1cccc(OC)c1. The molecule has 0 saturated heterocycles. The van der Waals surface area contributed by atoms with Crippen LogP contribution in [0.2, 0.25) is 0 Å². The first-order valence-electron chi connectivity index (χ1n) is 11.2. The number of methoxy groups -OCH3 is 1. The number of benzene rings is 2. The van der Waals surface area contributed by atoms with E-state index in [4.69, 9.17) is 9.47 Å². The van der Waals surface area contributed by atoms with Gasteiger partial charge in [0.2, 0.25) is 5.91 Å². The van der Waals surface area contributed by atoms with E-state index < -0.39 is 0 Å². The molecule has 4 rings (SSSR count). The fourth-order valence-electron chi connectivity index (χ4n) is 4.13. The molecule has 0 radical (unpaired) electrons. The van der Waals surface area contributed by atoms with Crippen LogP contribution in [0.5, 0.6) is 11.5 Å². The third kappa shape index (κ3) is 5.31. The summed E-state index contributed by atoms with van der Waals surface area (Å²) in [5.74, 6) is 1.00. The highest BCUT2D eigenvalue weighted by Gasteiger charge is 2.33. The van der Waals surface area contributed by atoms with Crippen molar-refractivity contribution < 1.29 is 19.1 Å². The Morgan fingerprint density at radius 2 is 1.94 bits per heavy atom. The Morgan fingerprint density at radius 1 is 1.15 bits per heavy atom. The summed E-state index contributed by atoms with van der Waals surface area (Å²) in [7, 11) is 1.56. The quantitative estimate of drug-likeness (QED) is 0.424. The van der Waals surface area contributed by atoms with Crippen molar-refractivity contribution in [2.45, 2.75) is 12.5 Å². The number of hydrogen-bond acceptors (Lipinski definition) is 5. The second kappa shape index (κ2) is 11.0. The molecule has 2 amide bonds. The highest BCUT2D eigenvalue weighted by molar-refractivity contribution is 7.10.